The monoisotopic (exact) mass is 496 g/mol. The fraction of sp³-hybridized carbons (Fsp3) is 0.414. The van der Waals surface area contributed by atoms with E-state index in [2.05, 4.69) is 27.5 Å². The zero-order chi connectivity index (χ0) is 26.3. The number of nitriles is 1. The van der Waals surface area contributed by atoms with Crippen molar-refractivity contribution in [2.75, 3.05) is 11.4 Å². The van der Waals surface area contributed by atoms with E-state index >= 15 is 0 Å². The first-order valence-electron chi connectivity index (χ1n) is 12.9. The third kappa shape index (κ3) is 4.74. The zero-order valence-electron chi connectivity index (χ0n) is 21.7. The Morgan fingerprint density at radius 2 is 2.00 bits per heavy atom. The van der Waals surface area contributed by atoms with Crippen molar-refractivity contribution in [1.82, 2.24) is 20.1 Å². The van der Waals surface area contributed by atoms with Gasteiger partial charge in [-0.2, -0.15) is 10.4 Å². The predicted octanol–water partition coefficient (Wildman–Crippen LogP) is 4.42. The summed E-state index contributed by atoms with van der Waals surface area (Å²) in [4.78, 5) is 31.7. The minimum absolute atomic E-state index is 0.0518. The van der Waals surface area contributed by atoms with Gasteiger partial charge in [-0.3, -0.25) is 19.3 Å². The van der Waals surface area contributed by atoms with Crippen molar-refractivity contribution in [2.24, 2.45) is 5.92 Å². The molecule has 3 aromatic rings. The van der Waals surface area contributed by atoms with Crippen LogP contribution in [0.25, 0.3) is 0 Å². The summed E-state index contributed by atoms with van der Waals surface area (Å²) < 4.78 is 1.75. The molecule has 190 valence electrons. The topological polar surface area (TPSA) is 104 Å². The molecule has 2 amide bonds. The molecular formula is C29H32N6O2. The predicted molar refractivity (Wildman–Crippen MR) is 140 cm³/mol. The number of nitrogens with one attached hydrogen (secondary N) is 1. The van der Waals surface area contributed by atoms with Gasteiger partial charge in [0, 0.05) is 24.7 Å². The van der Waals surface area contributed by atoms with Crippen molar-refractivity contribution in [3.05, 3.63) is 76.4 Å². The number of carbonyl (C=O) groups excluding carboxylic acids is 2. The molecule has 1 unspecified atom stereocenters. The lowest BCUT2D eigenvalue weighted by Gasteiger charge is -2.36. The molecule has 3 heterocycles. The number of hydrogen-bond acceptors (Lipinski definition) is 5. The minimum atomic E-state index is -0.164. The highest BCUT2D eigenvalue weighted by atomic mass is 16.2. The number of anilines is 1. The Bertz CT molecular complexity index is 1400. The van der Waals surface area contributed by atoms with Crippen molar-refractivity contribution in [3.63, 3.8) is 0 Å². The van der Waals surface area contributed by atoms with Crippen LogP contribution in [-0.4, -0.2) is 39.2 Å². The van der Waals surface area contributed by atoms with Gasteiger partial charge in [0.25, 0.3) is 5.91 Å². The number of benzene rings is 1. The smallest absolute Gasteiger partial charge is 0.254 e. The van der Waals surface area contributed by atoms with Gasteiger partial charge in [0.2, 0.25) is 5.91 Å². The van der Waals surface area contributed by atoms with E-state index in [0.29, 0.717) is 17.0 Å². The summed E-state index contributed by atoms with van der Waals surface area (Å²) in [6.45, 7) is 8.70. The van der Waals surface area contributed by atoms with Crippen LogP contribution in [0.3, 0.4) is 0 Å². The molecular weight excluding hydrogens is 464 g/mol. The molecule has 37 heavy (non-hydrogen) atoms. The largest absolute Gasteiger partial charge is 0.349 e. The average Bonchev–Trinajstić information content (AvgIpc) is 3.48. The molecule has 0 radical (unpaired) electrons. The number of aryl methyl sites for hydroxylation is 2. The van der Waals surface area contributed by atoms with Crippen LogP contribution in [0.5, 0.6) is 0 Å². The van der Waals surface area contributed by atoms with Gasteiger partial charge in [-0.1, -0.05) is 24.6 Å². The van der Waals surface area contributed by atoms with Crippen LogP contribution in [0.2, 0.25) is 0 Å². The Hall–Kier alpha value is -3.99. The number of pyridine rings is 1. The highest BCUT2D eigenvalue weighted by molar-refractivity contribution is 5.97. The summed E-state index contributed by atoms with van der Waals surface area (Å²) in [6.07, 6.45) is 7.60. The Balaban J connectivity index is 1.21. The maximum Gasteiger partial charge on any atom is 0.254 e. The van der Waals surface area contributed by atoms with Gasteiger partial charge in [0.1, 0.15) is 0 Å². The van der Waals surface area contributed by atoms with Gasteiger partial charge in [-0.25, -0.2) is 0 Å². The quantitative estimate of drug-likeness (QED) is 0.544. The Labute approximate surface area is 217 Å². The first-order chi connectivity index (χ1) is 17.7. The molecule has 1 saturated carbocycles. The first kappa shape index (κ1) is 24.7. The van der Waals surface area contributed by atoms with Gasteiger partial charge in [-0.05, 0) is 69.2 Å². The Morgan fingerprint density at radius 3 is 2.68 bits per heavy atom. The van der Waals surface area contributed by atoms with E-state index < -0.39 is 0 Å². The molecule has 2 fully saturated rings. The van der Waals surface area contributed by atoms with Crippen molar-refractivity contribution in [2.45, 2.75) is 65.0 Å². The van der Waals surface area contributed by atoms with Crippen LogP contribution in [0.15, 0.2) is 42.9 Å². The maximum absolute atomic E-state index is 12.9. The van der Waals surface area contributed by atoms with Gasteiger partial charge < -0.3 is 10.2 Å². The van der Waals surface area contributed by atoms with Gasteiger partial charge >= 0.3 is 0 Å². The maximum atomic E-state index is 12.9. The Morgan fingerprint density at radius 1 is 1.22 bits per heavy atom. The van der Waals surface area contributed by atoms with Crippen LogP contribution in [0.4, 0.5) is 5.69 Å². The van der Waals surface area contributed by atoms with Gasteiger partial charge in [-0.15, -0.1) is 0 Å². The van der Waals surface area contributed by atoms with Crippen molar-refractivity contribution < 1.29 is 9.59 Å². The molecule has 8 nitrogen and oxygen atoms in total. The average molecular weight is 497 g/mol. The fourth-order valence-corrected chi connectivity index (χ4v) is 5.41. The highest BCUT2D eigenvalue weighted by Gasteiger charge is 2.33. The number of amides is 2. The second-order valence-electron chi connectivity index (χ2n) is 10.5. The van der Waals surface area contributed by atoms with Crippen LogP contribution in [0.1, 0.15) is 83.4 Å². The number of carbonyl (C=O) groups is 2. The second kappa shape index (κ2) is 9.81. The fourth-order valence-electron chi connectivity index (χ4n) is 5.41. The number of rotatable bonds is 6. The van der Waals surface area contributed by atoms with Crippen LogP contribution < -0.4 is 10.2 Å². The first-order valence-corrected chi connectivity index (χ1v) is 12.9. The summed E-state index contributed by atoms with van der Waals surface area (Å²) in [6, 6.07) is 10.1. The van der Waals surface area contributed by atoms with Gasteiger partial charge in [0.05, 0.1) is 47.0 Å². The molecule has 8 heteroatoms. The number of hydrogen-bond donors (Lipinski definition) is 1. The number of nitrogens with zero attached hydrogens (tertiary/aromatic N) is 5. The molecule has 5 rings (SSSR count). The third-order valence-electron chi connectivity index (χ3n) is 7.79. The summed E-state index contributed by atoms with van der Waals surface area (Å²) in [7, 11) is 0. The molecule has 1 aromatic carbocycles. The van der Waals surface area contributed by atoms with E-state index in [1.807, 2.05) is 45.9 Å². The van der Waals surface area contributed by atoms with E-state index in [0.717, 1.165) is 53.9 Å². The van der Waals surface area contributed by atoms with E-state index in [1.54, 1.807) is 28.2 Å². The lowest BCUT2D eigenvalue weighted by Crippen LogP contribution is -2.43. The summed E-state index contributed by atoms with van der Waals surface area (Å²) in [5.74, 6) is 0.342. The van der Waals surface area contributed by atoms with E-state index in [4.69, 9.17) is 0 Å². The minimum Gasteiger partial charge on any atom is -0.349 e. The molecule has 0 bridgehead atoms. The number of aromatic nitrogens is 3. The van der Waals surface area contributed by atoms with Crippen molar-refractivity contribution in [3.8, 4) is 6.07 Å². The summed E-state index contributed by atoms with van der Waals surface area (Å²) in [5.41, 5.74) is 6.10. The summed E-state index contributed by atoms with van der Waals surface area (Å²) in [5, 5.41) is 17.0. The van der Waals surface area contributed by atoms with Crippen molar-refractivity contribution >= 4 is 17.5 Å². The third-order valence-corrected chi connectivity index (χ3v) is 7.79. The molecule has 1 saturated heterocycles. The van der Waals surface area contributed by atoms with E-state index in [-0.39, 0.29) is 29.8 Å². The molecule has 2 atom stereocenters. The summed E-state index contributed by atoms with van der Waals surface area (Å²) >= 11 is 0. The van der Waals surface area contributed by atoms with E-state index in [9.17, 15) is 14.9 Å². The van der Waals surface area contributed by atoms with Crippen LogP contribution in [0, 0.1) is 31.1 Å². The van der Waals surface area contributed by atoms with Crippen LogP contribution in [-0.2, 0) is 4.79 Å². The zero-order valence-corrected chi connectivity index (χ0v) is 21.7. The van der Waals surface area contributed by atoms with Gasteiger partial charge in [0.15, 0.2) is 0 Å². The molecule has 2 aromatic heterocycles. The van der Waals surface area contributed by atoms with Crippen LogP contribution >= 0.6 is 0 Å². The molecule has 0 spiro atoms. The molecule has 2 aliphatic rings. The lowest BCUT2D eigenvalue weighted by molar-refractivity contribution is -0.119. The highest BCUT2D eigenvalue weighted by Crippen LogP contribution is 2.39. The standard InChI is InChI=1S/C29H32N6O2/c1-17-5-6-21(13-30)26(9-17)22-11-24(12-22)33-28(36)23-14-32-35(16-23)20(4)27-19(3)10-25(15-31-27)34-8-7-18(2)29(34)37/h5-6,9-10,14-16,18,20,22,24H,7-8,11-12H2,1-4H3,(H,33,36)/t18-,20?,22?,24?/m0/s1. The molecule has 1 aliphatic heterocycles. The molecule has 1 aliphatic carbocycles. The Kier molecular flexibility index (Phi) is 6.55. The van der Waals surface area contributed by atoms with E-state index in [1.165, 1.54) is 0 Å². The normalized spacial score (nSPS) is 21.9. The van der Waals surface area contributed by atoms with Crippen molar-refractivity contribution in [1.29, 1.82) is 5.26 Å². The SMILES string of the molecule is Cc1ccc(C#N)c(C2CC(NC(=O)c3cnn(C(C)c4ncc(N5CC[C@H](C)C5=O)cc4C)c3)C2)c1. The lowest BCUT2D eigenvalue weighted by atomic mass is 9.74. The molecule has 1 N–H and O–H groups in total. The second-order valence-corrected chi connectivity index (χ2v) is 10.5.